The summed E-state index contributed by atoms with van der Waals surface area (Å²) >= 11 is 1.38. The van der Waals surface area contributed by atoms with Gasteiger partial charge >= 0.3 is 0 Å². The molecule has 1 atom stereocenters. The Morgan fingerprint density at radius 1 is 1.28 bits per heavy atom. The fraction of sp³-hybridized carbons (Fsp3) is 0.524. The lowest BCUT2D eigenvalue weighted by atomic mass is 9.81. The Morgan fingerprint density at radius 2 is 2.03 bits per heavy atom. The number of hydrogen-bond donors (Lipinski definition) is 5. The van der Waals surface area contributed by atoms with Gasteiger partial charge in [0.2, 0.25) is 5.95 Å². The van der Waals surface area contributed by atoms with Crippen LogP contribution in [0.2, 0.25) is 0 Å². The summed E-state index contributed by atoms with van der Waals surface area (Å²) in [6, 6.07) is 3.65. The third kappa shape index (κ3) is 4.94. The van der Waals surface area contributed by atoms with Crippen molar-refractivity contribution in [3.8, 4) is 0 Å². The van der Waals surface area contributed by atoms with Crippen molar-refractivity contribution < 1.29 is 14.7 Å². The molecule has 1 fully saturated rings. The number of thiophene rings is 1. The fourth-order valence-electron chi connectivity index (χ4n) is 4.45. The van der Waals surface area contributed by atoms with E-state index < -0.39 is 11.5 Å². The van der Waals surface area contributed by atoms with E-state index >= 15 is 0 Å². The Kier molecular flexibility index (Phi) is 7.19. The molecule has 1 aliphatic carbocycles. The summed E-state index contributed by atoms with van der Waals surface area (Å²) in [5.74, 6) is -0.633. The zero-order chi connectivity index (χ0) is 22.0. The molecule has 9 N–H and O–H groups in total. The number of aromatic nitrogens is 2. The smallest absolute Gasteiger partial charge is 0.262 e. The number of aliphatic carboxylic acids is 1. The Bertz CT molecular complexity index is 1040. The van der Waals surface area contributed by atoms with Gasteiger partial charge in [-0.2, -0.15) is 4.98 Å². The fourth-order valence-corrected chi connectivity index (χ4v) is 5.37. The van der Waals surface area contributed by atoms with Crippen LogP contribution in [0.3, 0.4) is 0 Å². The van der Waals surface area contributed by atoms with Crippen LogP contribution < -0.4 is 33.2 Å². The molecule has 2 aromatic heterocycles. The van der Waals surface area contributed by atoms with Crippen molar-refractivity contribution in [2.45, 2.75) is 56.9 Å². The third-order valence-corrected chi connectivity index (χ3v) is 7.36. The SMILES string of the molecule is Nc1nc2c(c(=O)[nH]1)CC(CCc1ccc(C(=O)NC3(C(=O)[O-])CCCCC3)s1)CN2.[NH4+]. The number of hydrogen-bond acceptors (Lipinski definition) is 8. The van der Waals surface area contributed by atoms with Gasteiger partial charge in [0.15, 0.2) is 0 Å². The third-order valence-electron chi connectivity index (χ3n) is 6.22. The van der Waals surface area contributed by atoms with Crippen molar-refractivity contribution in [3.05, 3.63) is 37.8 Å². The predicted octanol–water partition coefficient (Wildman–Crippen LogP) is 1.19. The van der Waals surface area contributed by atoms with E-state index in [2.05, 4.69) is 20.6 Å². The molecule has 4 rings (SSSR count). The van der Waals surface area contributed by atoms with Crippen LogP contribution in [0.5, 0.6) is 0 Å². The number of nitrogens with zero attached hydrogens (tertiary/aromatic N) is 1. The van der Waals surface area contributed by atoms with E-state index in [-0.39, 0.29) is 29.5 Å². The van der Waals surface area contributed by atoms with Crippen LogP contribution in [0.1, 0.15) is 58.6 Å². The van der Waals surface area contributed by atoms with Crippen LogP contribution in [0.15, 0.2) is 16.9 Å². The summed E-state index contributed by atoms with van der Waals surface area (Å²) in [7, 11) is 0. The highest BCUT2D eigenvalue weighted by atomic mass is 32.1. The molecular formula is C21H30N6O4S. The topological polar surface area (TPSA) is 190 Å². The summed E-state index contributed by atoms with van der Waals surface area (Å²) < 4.78 is 0. The second-order valence-corrected chi connectivity index (χ2v) is 9.59. The number of rotatable bonds is 6. The summed E-state index contributed by atoms with van der Waals surface area (Å²) in [6.45, 7) is 0.704. The molecule has 174 valence electrons. The zero-order valence-corrected chi connectivity index (χ0v) is 19.0. The highest BCUT2D eigenvalue weighted by molar-refractivity contribution is 7.14. The minimum absolute atomic E-state index is 0. The van der Waals surface area contributed by atoms with Crippen molar-refractivity contribution in [1.29, 1.82) is 0 Å². The monoisotopic (exact) mass is 462 g/mol. The van der Waals surface area contributed by atoms with Crippen molar-refractivity contribution in [2.24, 2.45) is 5.92 Å². The molecule has 1 amide bonds. The summed E-state index contributed by atoms with van der Waals surface area (Å²) in [5.41, 5.74) is 4.74. The number of carbonyl (C=O) groups is 2. The van der Waals surface area contributed by atoms with Crippen LogP contribution in [0.25, 0.3) is 0 Å². The molecule has 1 aliphatic heterocycles. The number of aromatic amines is 1. The molecule has 1 saturated carbocycles. The quantitative estimate of drug-likeness (QED) is 0.426. The van der Waals surface area contributed by atoms with E-state index in [9.17, 15) is 19.5 Å². The summed E-state index contributed by atoms with van der Waals surface area (Å²) in [5, 5.41) is 17.6. The molecule has 0 radical (unpaired) electrons. The molecule has 1 unspecified atom stereocenters. The first-order valence-corrected chi connectivity index (χ1v) is 11.4. The van der Waals surface area contributed by atoms with E-state index in [1.807, 2.05) is 6.07 Å². The van der Waals surface area contributed by atoms with E-state index in [0.29, 0.717) is 42.1 Å². The Hall–Kier alpha value is -2.92. The van der Waals surface area contributed by atoms with Gasteiger partial charge in [-0.15, -0.1) is 11.3 Å². The molecule has 0 saturated heterocycles. The van der Waals surface area contributed by atoms with Gasteiger partial charge in [-0.05, 0) is 50.2 Å². The molecule has 32 heavy (non-hydrogen) atoms. The number of anilines is 2. The summed E-state index contributed by atoms with van der Waals surface area (Å²) in [6.07, 6.45) is 5.58. The second kappa shape index (κ2) is 9.70. The van der Waals surface area contributed by atoms with Gasteiger partial charge in [-0.25, -0.2) is 0 Å². The lowest BCUT2D eigenvalue weighted by Gasteiger charge is -2.38. The Labute approximate surface area is 189 Å². The minimum Gasteiger partial charge on any atom is -0.548 e. The normalized spacial score (nSPS) is 19.2. The zero-order valence-electron chi connectivity index (χ0n) is 18.2. The molecule has 0 bridgehead atoms. The maximum atomic E-state index is 12.7. The number of H-pyrrole nitrogens is 1. The van der Waals surface area contributed by atoms with Gasteiger partial charge in [0, 0.05) is 11.4 Å². The van der Waals surface area contributed by atoms with Gasteiger partial charge in [0.05, 0.1) is 21.9 Å². The van der Waals surface area contributed by atoms with Crippen LogP contribution in [0.4, 0.5) is 11.8 Å². The van der Waals surface area contributed by atoms with Crippen LogP contribution >= 0.6 is 11.3 Å². The maximum Gasteiger partial charge on any atom is 0.262 e. The maximum absolute atomic E-state index is 12.7. The Morgan fingerprint density at radius 3 is 2.75 bits per heavy atom. The molecule has 10 nitrogen and oxygen atoms in total. The van der Waals surface area contributed by atoms with Crippen LogP contribution in [-0.4, -0.2) is 33.9 Å². The molecule has 2 aliphatic rings. The lowest BCUT2D eigenvalue weighted by Crippen LogP contribution is -2.60. The number of nitrogens with two attached hydrogens (primary N) is 1. The number of nitrogens with one attached hydrogen (secondary N) is 3. The summed E-state index contributed by atoms with van der Waals surface area (Å²) in [4.78, 5) is 44.7. The number of amides is 1. The van der Waals surface area contributed by atoms with Gasteiger partial charge < -0.3 is 32.4 Å². The second-order valence-electron chi connectivity index (χ2n) is 8.42. The average molecular weight is 463 g/mol. The molecule has 11 heteroatoms. The van der Waals surface area contributed by atoms with E-state index in [1.54, 1.807) is 6.07 Å². The van der Waals surface area contributed by atoms with Crippen molar-refractivity contribution >= 4 is 35.0 Å². The predicted molar refractivity (Wildman–Crippen MR) is 122 cm³/mol. The Balaban J connectivity index is 0.00000289. The number of carbonyl (C=O) groups excluding carboxylic acids is 2. The molecule has 3 heterocycles. The highest BCUT2D eigenvalue weighted by Gasteiger charge is 2.35. The van der Waals surface area contributed by atoms with Crippen molar-refractivity contribution in [1.82, 2.24) is 21.4 Å². The number of nitrogen functional groups attached to an aromatic ring is 1. The molecule has 2 aromatic rings. The number of fused-ring (bicyclic) bond motifs is 1. The first kappa shape index (κ1) is 23.7. The first-order chi connectivity index (χ1) is 14.9. The molecular weight excluding hydrogens is 432 g/mol. The van der Waals surface area contributed by atoms with Crippen LogP contribution in [0, 0.1) is 5.92 Å². The van der Waals surface area contributed by atoms with Gasteiger partial charge in [-0.3, -0.25) is 14.6 Å². The minimum atomic E-state index is -1.26. The van der Waals surface area contributed by atoms with Gasteiger partial charge in [-0.1, -0.05) is 19.3 Å². The van der Waals surface area contributed by atoms with Gasteiger partial charge in [0.1, 0.15) is 5.82 Å². The number of carboxylic acids is 1. The number of aryl methyl sites for hydroxylation is 1. The average Bonchev–Trinajstić information content (AvgIpc) is 3.22. The highest BCUT2D eigenvalue weighted by Crippen LogP contribution is 2.29. The largest absolute Gasteiger partial charge is 0.548 e. The molecule has 0 aromatic carbocycles. The van der Waals surface area contributed by atoms with Crippen molar-refractivity contribution in [2.75, 3.05) is 17.6 Å². The number of quaternary nitrogens is 1. The standard InChI is InChI=1S/C21H27N5O4S.H3N/c22-20-24-16-14(17(27)25-20)10-12(11-23-16)4-5-13-6-7-15(31-13)18(28)26-21(19(29)30)8-2-1-3-9-21;/h6-7,12H,1-5,8-11H2,(H,26,28)(H,29,30)(H4,22,23,24,25,27);1H3. The lowest BCUT2D eigenvalue weighted by molar-refractivity contribution is -0.315. The van der Waals surface area contributed by atoms with Crippen molar-refractivity contribution in [3.63, 3.8) is 0 Å². The van der Waals surface area contributed by atoms with E-state index in [1.165, 1.54) is 11.3 Å². The van der Waals surface area contributed by atoms with E-state index in [4.69, 9.17) is 5.73 Å². The van der Waals surface area contributed by atoms with E-state index in [0.717, 1.165) is 37.0 Å². The first-order valence-electron chi connectivity index (χ1n) is 10.6. The van der Waals surface area contributed by atoms with Gasteiger partial charge in [0.25, 0.3) is 11.5 Å². The molecule has 0 spiro atoms. The van der Waals surface area contributed by atoms with Crippen LogP contribution in [-0.2, 0) is 17.6 Å². The number of carboxylic acid groups (broad SMARTS) is 1.